The van der Waals surface area contributed by atoms with E-state index < -0.39 is 53.7 Å². The van der Waals surface area contributed by atoms with E-state index in [-0.39, 0.29) is 0 Å². The maximum atomic E-state index is 12.7. The van der Waals surface area contributed by atoms with Crippen LogP contribution in [0.15, 0.2) is 16.3 Å². The molecule has 1 heterocycles. The smallest absolute Gasteiger partial charge is 0.441 e. The third-order valence-corrected chi connectivity index (χ3v) is 2.36. The highest BCUT2D eigenvalue weighted by molar-refractivity contribution is 6.06. The molecule has 0 radical (unpaired) electrons. The number of aliphatic imine (C=N–C) groups is 1. The first-order valence-electron chi connectivity index (χ1n) is 5.48. The summed E-state index contributed by atoms with van der Waals surface area (Å²) in [6.07, 6.45) is -20.4. The number of cyclic esters (lactones) is 1. The van der Waals surface area contributed by atoms with Crippen molar-refractivity contribution in [2.45, 2.75) is 31.6 Å². The molecule has 14 heteroatoms. The van der Waals surface area contributed by atoms with E-state index in [2.05, 4.69) is 14.5 Å². The van der Waals surface area contributed by atoms with E-state index in [4.69, 9.17) is 0 Å². The third-order valence-electron chi connectivity index (χ3n) is 2.36. The van der Waals surface area contributed by atoms with Gasteiger partial charge in [0.15, 0.2) is 5.70 Å². The van der Waals surface area contributed by atoms with Crippen molar-refractivity contribution < 1.29 is 58.6 Å². The molecule has 1 aliphatic rings. The summed E-state index contributed by atoms with van der Waals surface area (Å²) in [7, 11) is 0. The lowest BCUT2D eigenvalue weighted by Crippen LogP contribution is -2.39. The number of alkyl halides is 9. The fourth-order valence-electron chi connectivity index (χ4n) is 1.38. The van der Waals surface area contributed by atoms with E-state index in [1.165, 1.54) is 0 Å². The van der Waals surface area contributed by atoms with Gasteiger partial charge in [0.05, 0.1) is 0 Å². The van der Waals surface area contributed by atoms with Crippen molar-refractivity contribution in [1.82, 2.24) is 0 Å². The van der Waals surface area contributed by atoms with Crippen LogP contribution in [0.4, 0.5) is 39.5 Å². The molecule has 24 heavy (non-hydrogen) atoms. The maximum Gasteiger partial charge on any atom is 0.490 e. The lowest BCUT2D eigenvalue weighted by Gasteiger charge is -2.22. The van der Waals surface area contributed by atoms with Crippen LogP contribution >= 0.6 is 0 Å². The van der Waals surface area contributed by atoms with Crippen LogP contribution in [0.5, 0.6) is 0 Å². The molecule has 0 saturated carbocycles. The molecule has 1 atom stereocenters. The molecule has 1 aliphatic heterocycles. The Labute approximate surface area is 125 Å². The second-order valence-corrected chi connectivity index (χ2v) is 4.16. The fourth-order valence-corrected chi connectivity index (χ4v) is 1.38. The van der Waals surface area contributed by atoms with E-state index in [1.54, 1.807) is 0 Å². The lowest BCUT2D eigenvalue weighted by atomic mass is 10.1. The number of carbonyl (C=O) groups is 2. The van der Waals surface area contributed by atoms with Crippen molar-refractivity contribution in [3.63, 3.8) is 0 Å². The van der Waals surface area contributed by atoms with Crippen molar-refractivity contribution in [3.8, 4) is 0 Å². The predicted molar refractivity (Wildman–Crippen MR) is 54.3 cm³/mol. The highest BCUT2D eigenvalue weighted by Crippen LogP contribution is 2.34. The molecule has 136 valence electrons. The van der Waals surface area contributed by atoms with Gasteiger partial charge in [-0.05, 0) is 6.92 Å². The number of nitrogens with zero attached hydrogens (tertiary/aromatic N) is 1. The van der Waals surface area contributed by atoms with Crippen LogP contribution in [0, 0.1) is 0 Å². The van der Waals surface area contributed by atoms with Crippen molar-refractivity contribution in [2.75, 3.05) is 0 Å². The van der Waals surface area contributed by atoms with Gasteiger partial charge < -0.3 is 9.47 Å². The summed E-state index contributed by atoms with van der Waals surface area (Å²) < 4.78 is 118. The van der Waals surface area contributed by atoms with Crippen LogP contribution in [-0.2, 0) is 19.1 Å². The molecular weight excluding hydrogens is 369 g/mol. The number of hydrogen-bond donors (Lipinski definition) is 0. The van der Waals surface area contributed by atoms with Crippen molar-refractivity contribution in [3.05, 3.63) is 11.3 Å². The van der Waals surface area contributed by atoms with E-state index in [0.717, 1.165) is 0 Å². The van der Waals surface area contributed by atoms with Gasteiger partial charge in [-0.25, -0.2) is 14.6 Å². The number of rotatable bonds is 2. The van der Waals surface area contributed by atoms with Crippen molar-refractivity contribution in [2.24, 2.45) is 4.99 Å². The zero-order valence-corrected chi connectivity index (χ0v) is 11.1. The summed E-state index contributed by atoms with van der Waals surface area (Å²) in [5.74, 6) is -7.45. The summed E-state index contributed by atoms with van der Waals surface area (Å²) in [5, 5.41) is 0. The molecule has 0 aromatic heterocycles. The SMILES string of the molecule is C/C(=C1\N=C(C(F)(F)F)OC1=O)[C@H](OC(=O)C(F)(F)F)C(F)(F)F. The van der Waals surface area contributed by atoms with Crippen LogP contribution < -0.4 is 0 Å². The van der Waals surface area contributed by atoms with Crippen molar-refractivity contribution >= 4 is 17.8 Å². The first-order chi connectivity index (χ1) is 10.5. The molecule has 0 saturated heterocycles. The predicted octanol–water partition coefficient (Wildman–Crippen LogP) is 2.81. The molecule has 1 rings (SSSR count). The minimum Gasteiger partial charge on any atom is -0.441 e. The second kappa shape index (κ2) is 5.98. The van der Waals surface area contributed by atoms with Gasteiger partial charge in [0, 0.05) is 5.57 Å². The monoisotopic (exact) mass is 373 g/mol. The van der Waals surface area contributed by atoms with Gasteiger partial charge in [-0.1, -0.05) is 0 Å². The minimum atomic E-state index is -5.80. The summed E-state index contributed by atoms with van der Waals surface area (Å²) in [4.78, 5) is 24.2. The normalized spacial score (nSPS) is 19.6. The molecule has 0 aromatic rings. The highest BCUT2D eigenvalue weighted by Gasteiger charge is 2.52. The zero-order valence-electron chi connectivity index (χ0n) is 11.1. The summed E-state index contributed by atoms with van der Waals surface area (Å²) >= 11 is 0. The van der Waals surface area contributed by atoms with E-state index >= 15 is 0 Å². The van der Waals surface area contributed by atoms with Crippen molar-refractivity contribution in [1.29, 1.82) is 0 Å². The van der Waals surface area contributed by atoms with Gasteiger partial charge in [0.1, 0.15) is 0 Å². The lowest BCUT2D eigenvalue weighted by molar-refractivity contribution is -0.237. The van der Waals surface area contributed by atoms with E-state index in [1.807, 2.05) is 0 Å². The summed E-state index contributed by atoms with van der Waals surface area (Å²) in [6.45, 7) is 0.321. The number of esters is 2. The third kappa shape index (κ3) is 4.38. The Kier molecular flexibility index (Phi) is 4.92. The summed E-state index contributed by atoms with van der Waals surface area (Å²) in [6, 6.07) is 0. The number of hydrogen-bond acceptors (Lipinski definition) is 5. The molecule has 0 aliphatic carbocycles. The van der Waals surface area contributed by atoms with Gasteiger partial charge in [-0.15, -0.1) is 0 Å². The van der Waals surface area contributed by atoms with Crippen LogP contribution in [0.3, 0.4) is 0 Å². The Hall–Kier alpha value is -2.28. The molecular formula is C10H4F9NO4. The largest absolute Gasteiger partial charge is 0.490 e. The van der Waals surface area contributed by atoms with Crippen LogP contribution in [0.1, 0.15) is 6.92 Å². The van der Waals surface area contributed by atoms with Crippen LogP contribution in [0.2, 0.25) is 0 Å². The minimum absolute atomic E-state index is 0.321. The first-order valence-corrected chi connectivity index (χ1v) is 5.48. The average molecular weight is 373 g/mol. The standard InChI is InChI=1S/C10H4F9NO4/c1-2(3-5(21)24-6(20-3)9(14,15)16)4(8(11,12)13)23-7(22)10(17,18)19/h4H,1H3/b3-2+/t4-/m0/s1. The fraction of sp³-hybridized carbons (Fsp3) is 0.500. The zero-order chi connectivity index (χ0) is 19.1. The summed E-state index contributed by atoms with van der Waals surface area (Å²) in [5.41, 5.74) is -3.08. The molecule has 0 amide bonds. The maximum absolute atomic E-state index is 12.7. The molecule has 0 unspecified atom stereocenters. The van der Waals surface area contributed by atoms with E-state index in [0.29, 0.717) is 6.92 Å². The Balaban J connectivity index is 3.31. The molecule has 0 bridgehead atoms. The van der Waals surface area contributed by atoms with Crippen LogP contribution in [-0.4, -0.2) is 42.5 Å². The number of carbonyl (C=O) groups excluding carboxylic acids is 2. The first kappa shape index (κ1) is 19.8. The average Bonchev–Trinajstić information content (AvgIpc) is 2.74. The molecule has 5 nitrogen and oxygen atoms in total. The highest BCUT2D eigenvalue weighted by atomic mass is 19.4. The Morgan fingerprint density at radius 2 is 1.58 bits per heavy atom. The second-order valence-electron chi connectivity index (χ2n) is 4.16. The van der Waals surface area contributed by atoms with Gasteiger partial charge in [-0.2, -0.15) is 39.5 Å². The Morgan fingerprint density at radius 1 is 1.08 bits per heavy atom. The molecule has 0 N–H and O–H groups in total. The van der Waals surface area contributed by atoms with Gasteiger partial charge in [0.25, 0.3) is 0 Å². The Bertz CT molecular complexity index is 611. The van der Waals surface area contributed by atoms with E-state index in [9.17, 15) is 49.1 Å². The quantitative estimate of drug-likeness (QED) is 0.424. The van der Waals surface area contributed by atoms with Gasteiger partial charge in [0.2, 0.25) is 6.10 Å². The van der Waals surface area contributed by atoms with Gasteiger partial charge in [-0.3, -0.25) is 0 Å². The Morgan fingerprint density at radius 3 is 1.92 bits per heavy atom. The molecule has 0 spiro atoms. The molecule has 0 aromatic carbocycles. The van der Waals surface area contributed by atoms with Crippen LogP contribution in [0.25, 0.3) is 0 Å². The number of ether oxygens (including phenoxy) is 2. The number of halogens is 9. The van der Waals surface area contributed by atoms with Gasteiger partial charge >= 0.3 is 36.4 Å². The topological polar surface area (TPSA) is 65.0 Å². The molecule has 0 fully saturated rings.